The third-order valence-electron chi connectivity index (χ3n) is 3.25. The van der Waals surface area contributed by atoms with Gasteiger partial charge in [-0.1, -0.05) is 37.3 Å². The molecule has 0 saturated carbocycles. The Bertz CT molecular complexity index is 429. The lowest BCUT2D eigenvalue weighted by atomic mass is 10.1. The zero-order chi connectivity index (χ0) is 15.7. The largest absolute Gasteiger partial charge is 0.478 e. The lowest BCUT2D eigenvalue weighted by molar-refractivity contribution is -0.135. The number of aromatic carboxylic acids is 1. The predicted octanol–water partition coefficient (Wildman–Crippen LogP) is 4.60. The van der Waals surface area contributed by atoms with Crippen molar-refractivity contribution < 1.29 is 27.6 Å². The Labute approximate surface area is 121 Å². The van der Waals surface area contributed by atoms with Crippen LogP contribution in [-0.2, 0) is 6.42 Å². The van der Waals surface area contributed by atoms with Crippen LogP contribution in [0.5, 0.6) is 0 Å². The monoisotopic (exact) mass is 307 g/mol. The number of halogens is 3. The maximum absolute atomic E-state index is 11.9. The lowest BCUT2D eigenvalue weighted by Crippen LogP contribution is -2.06. The smallest absolute Gasteiger partial charge is 0.389 e. The molecular weight excluding hydrogens is 287 g/mol. The number of carboxylic acids is 1. The van der Waals surface area contributed by atoms with Gasteiger partial charge in [0, 0.05) is 6.42 Å². The molecule has 4 nitrogen and oxygen atoms in total. The molecule has 0 saturated heterocycles. The molecule has 0 aromatic carbocycles. The molecule has 0 spiro atoms. The molecule has 0 bridgehead atoms. The first-order valence-electron chi connectivity index (χ1n) is 7.13. The minimum atomic E-state index is -4.04. The highest BCUT2D eigenvalue weighted by Gasteiger charge is 2.25. The van der Waals surface area contributed by atoms with E-state index in [4.69, 9.17) is 5.11 Å². The van der Waals surface area contributed by atoms with Crippen LogP contribution >= 0.6 is 0 Å². The Hall–Kier alpha value is -1.53. The van der Waals surface area contributed by atoms with Crippen LogP contribution in [0.3, 0.4) is 0 Å². The Morgan fingerprint density at radius 3 is 2.24 bits per heavy atom. The highest BCUT2D eigenvalue weighted by molar-refractivity contribution is 5.88. The van der Waals surface area contributed by atoms with Gasteiger partial charge in [-0.15, -0.1) is 0 Å². The normalized spacial score (nSPS) is 11.8. The Morgan fingerprint density at radius 1 is 1.10 bits per heavy atom. The molecule has 1 aromatic rings. The maximum Gasteiger partial charge on any atom is 0.389 e. The topological polar surface area (TPSA) is 63.3 Å². The first kappa shape index (κ1) is 17.5. The van der Waals surface area contributed by atoms with Crippen LogP contribution in [-0.4, -0.2) is 22.4 Å². The fourth-order valence-electron chi connectivity index (χ4n) is 2.12. The first-order valence-corrected chi connectivity index (χ1v) is 7.13. The van der Waals surface area contributed by atoms with Gasteiger partial charge in [-0.2, -0.15) is 13.2 Å². The second-order valence-corrected chi connectivity index (χ2v) is 5.07. The molecule has 0 radical (unpaired) electrons. The van der Waals surface area contributed by atoms with Crippen molar-refractivity contribution >= 4 is 5.97 Å². The summed E-state index contributed by atoms with van der Waals surface area (Å²) in [4.78, 5) is 10.8. The minimum absolute atomic E-state index is 0.0992. The van der Waals surface area contributed by atoms with Gasteiger partial charge in [0.05, 0.1) is 5.69 Å². The predicted molar refractivity (Wildman–Crippen MR) is 70.2 cm³/mol. The quantitative estimate of drug-likeness (QED) is 0.642. The fourth-order valence-corrected chi connectivity index (χ4v) is 2.12. The molecule has 1 heterocycles. The van der Waals surface area contributed by atoms with Crippen LogP contribution in [0.15, 0.2) is 10.8 Å². The standard InChI is InChI=1S/C14H20F3NO3/c15-14(16,17)9-7-5-3-1-2-4-6-8-12-11(13(19)20)10-21-18-12/h10H,1-9H2,(H,19,20). The number of aromatic nitrogens is 1. The Kier molecular flexibility index (Phi) is 7.25. The molecular formula is C14H20F3NO3. The molecule has 0 unspecified atom stereocenters. The number of aryl methyl sites for hydroxylation is 1. The van der Waals surface area contributed by atoms with Gasteiger partial charge in [0.1, 0.15) is 11.8 Å². The molecule has 21 heavy (non-hydrogen) atoms. The van der Waals surface area contributed by atoms with Gasteiger partial charge in [-0.05, 0) is 19.3 Å². The average molecular weight is 307 g/mol. The highest BCUT2D eigenvalue weighted by Crippen LogP contribution is 2.23. The number of nitrogens with zero attached hydrogens (tertiary/aromatic N) is 1. The van der Waals surface area contributed by atoms with E-state index in [1.165, 1.54) is 0 Å². The van der Waals surface area contributed by atoms with Crippen LogP contribution in [0.2, 0.25) is 0 Å². The van der Waals surface area contributed by atoms with Crippen molar-refractivity contribution in [1.82, 2.24) is 5.16 Å². The molecule has 0 aliphatic carbocycles. The van der Waals surface area contributed by atoms with Crippen molar-refractivity contribution in [3.63, 3.8) is 0 Å². The zero-order valence-corrected chi connectivity index (χ0v) is 11.8. The Balaban J connectivity index is 2.00. The van der Waals surface area contributed by atoms with Gasteiger partial charge < -0.3 is 9.63 Å². The SMILES string of the molecule is O=C(O)c1conc1CCCCCCCCCC(F)(F)F. The van der Waals surface area contributed by atoms with Crippen molar-refractivity contribution in [2.45, 2.75) is 64.0 Å². The zero-order valence-electron chi connectivity index (χ0n) is 11.8. The van der Waals surface area contributed by atoms with E-state index >= 15 is 0 Å². The second kappa shape index (κ2) is 8.69. The molecule has 0 amide bonds. The minimum Gasteiger partial charge on any atom is -0.478 e. The van der Waals surface area contributed by atoms with Gasteiger partial charge >= 0.3 is 12.1 Å². The van der Waals surface area contributed by atoms with Crippen molar-refractivity contribution in [3.05, 3.63) is 17.5 Å². The fraction of sp³-hybridized carbons (Fsp3) is 0.714. The van der Waals surface area contributed by atoms with Gasteiger partial charge in [0.25, 0.3) is 0 Å². The average Bonchev–Trinajstić information content (AvgIpc) is 2.84. The summed E-state index contributed by atoms with van der Waals surface area (Å²) in [6.45, 7) is 0. The van der Waals surface area contributed by atoms with Gasteiger partial charge in [-0.25, -0.2) is 4.79 Å². The summed E-state index contributed by atoms with van der Waals surface area (Å²) in [6.07, 6.45) is 2.09. The molecule has 1 aromatic heterocycles. The summed E-state index contributed by atoms with van der Waals surface area (Å²) in [5.74, 6) is -1.05. The summed E-state index contributed by atoms with van der Waals surface area (Å²) in [5.41, 5.74) is 0.551. The van der Waals surface area contributed by atoms with E-state index in [1.54, 1.807) is 0 Å². The molecule has 1 N–H and O–H groups in total. The van der Waals surface area contributed by atoms with Crippen LogP contribution in [0.25, 0.3) is 0 Å². The Morgan fingerprint density at radius 2 is 1.67 bits per heavy atom. The van der Waals surface area contributed by atoms with Crippen LogP contribution in [0.4, 0.5) is 13.2 Å². The van der Waals surface area contributed by atoms with Crippen molar-refractivity contribution in [3.8, 4) is 0 Å². The van der Waals surface area contributed by atoms with E-state index in [0.29, 0.717) is 18.5 Å². The van der Waals surface area contributed by atoms with E-state index in [0.717, 1.165) is 38.4 Å². The number of carbonyl (C=O) groups is 1. The third-order valence-corrected chi connectivity index (χ3v) is 3.25. The highest BCUT2D eigenvalue weighted by atomic mass is 19.4. The molecule has 0 atom stereocenters. The van der Waals surface area contributed by atoms with E-state index in [2.05, 4.69) is 9.68 Å². The molecule has 0 fully saturated rings. The number of hydrogen-bond donors (Lipinski definition) is 1. The van der Waals surface area contributed by atoms with E-state index in [9.17, 15) is 18.0 Å². The first-order chi connectivity index (χ1) is 9.90. The summed E-state index contributed by atoms with van der Waals surface area (Å²) in [5, 5.41) is 12.5. The number of unbranched alkanes of at least 4 members (excludes halogenated alkanes) is 6. The number of alkyl halides is 3. The van der Waals surface area contributed by atoms with Crippen molar-refractivity contribution in [2.75, 3.05) is 0 Å². The summed E-state index contributed by atoms with van der Waals surface area (Å²) in [6, 6.07) is 0. The lowest BCUT2D eigenvalue weighted by Gasteiger charge is -2.05. The number of rotatable bonds is 10. The van der Waals surface area contributed by atoms with E-state index in [-0.39, 0.29) is 12.0 Å². The molecule has 0 aliphatic rings. The number of hydrogen-bond acceptors (Lipinski definition) is 3. The third kappa shape index (κ3) is 7.72. The van der Waals surface area contributed by atoms with Gasteiger partial charge in [0.2, 0.25) is 0 Å². The second-order valence-electron chi connectivity index (χ2n) is 5.07. The summed E-state index contributed by atoms with van der Waals surface area (Å²) >= 11 is 0. The summed E-state index contributed by atoms with van der Waals surface area (Å²) < 4.78 is 40.3. The number of carboxylic acid groups (broad SMARTS) is 1. The van der Waals surface area contributed by atoms with Crippen LogP contribution < -0.4 is 0 Å². The maximum atomic E-state index is 11.9. The van der Waals surface area contributed by atoms with Gasteiger partial charge in [0.15, 0.2) is 0 Å². The molecule has 120 valence electrons. The van der Waals surface area contributed by atoms with Crippen molar-refractivity contribution in [1.29, 1.82) is 0 Å². The van der Waals surface area contributed by atoms with Gasteiger partial charge in [-0.3, -0.25) is 0 Å². The molecule has 7 heteroatoms. The van der Waals surface area contributed by atoms with Crippen LogP contribution in [0.1, 0.15) is 67.4 Å². The summed E-state index contributed by atoms with van der Waals surface area (Å²) in [7, 11) is 0. The van der Waals surface area contributed by atoms with Crippen LogP contribution in [0, 0.1) is 0 Å². The van der Waals surface area contributed by atoms with E-state index < -0.39 is 18.6 Å². The van der Waals surface area contributed by atoms with Crippen molar-refractivity contribution in [2.24, 2.45) is 0 Å². The van der Waals surface area contributed by atoms with E-state index in [1.807, 2.05) is 0 Å². The molecule has 0 aliphatic heterocycles. The molecule has 1 rings (SSSR count).